The van der Waals surface area contributed by atoms with Crippen molar-refractivity contribution >= 4 is 5.69 Å². The molecule has 1 aromatic carbocycles. The molecule has 80 valence electrons. The van der Waals surface area contributed by atoms with Crippen LogP contribution in [0, 0.1) is 0 Å². The topological polar surface area (TPSA) is 35.1 Å². The van der Waals surface area contributed by atoms with Gasteiger partial charge in [0.15, 0.2) is 17.0 Å². The lowest BCUT2D eigenvalue weighted by molar-refractivity contribution is -0.596. The highest BCUT2D eigenvalue weighted by molar-refractivity contribution is 5.46. The molecular weight excluding hydrogens is 190 g/mol. The fourth-order valence-electron chi connectivity index (χ4n) is 2.36. The van der Waals surface area contributed by atoms with E-state index < -0.39 is 0 Å². The molecule has 0 unspecified atom stereocenters. The van der Waals surface area contributed by atoms with Crippen molar-refractivity contribution in [3.8, 4) is 5.75 Å². The Kier molecular flexibility index (Phi) is 2.15. The third-order valence-electron chi connectivity index (χ3n) is 3.34. The van der Waals surface area contributed by atoms with E-state index >= 15 is 0 Å². The molecule has 2 aliphatic heterocycles. The second-order valence-corrected chi connectivity index (χ2v) is 4.34. The summed E-state index contributed by atoms with van der Waals surface area (Å²) < 4.78 is 11.5. The first-order valence-corrected chi connectivity index (χ1v) is 5.57. The molecule has 0 amide bonds. The monoisotopic (exact) mass is 206 g/mol. The predicted octanol–water partition coefficient (Wildman–Crippen LogP) is 0.823. The van der Waals surface area contributed by atoms with Crippen LogP contribution in [-0.2, 0) is 4.74 Å². The van der Waals surface area contributed by atoms with Crippen LogP contribution < -0.4 is 10.1 Å². The van der Waals surface area contributed by atoms with E-state index in [-0.39, 0.29) is 5.60 Å². The maximum absolute atomic E-state index is 6.15. The summed E-state index contributed by atoms with van der Waals surface area (Å²) in [5.74, 6) is 1.03. The van der Waals surface area contributed by atoms with Gasteiger partial charge in [-0.25, -0.2) is 0 Å². The molecule has 2 heterocycles. The van der Waals surface area contributed by atoms with E-state index in [2.05, 4.69) is 23.5 Å². The van der Waals surface area contributed by atoms with Gasteiger partial charge in [0, 0.05) is 18.9 Å². The van der Waals surface area contributed by atoms with Gasteiger partial charge < -0.3 is 14.8 Å². The van der Waals surface area contributed by atoms with Gasteiger partial charge in [-0.05, 0) is 6.07 Å². The zero-order chi connectivity index (χ0) is 10.1. The van der Waals surface area contributed by atoms with Gasteiger partial charge >= 0.3 is 0 Å². The Morgan fingerprint density at radius 1 is 1.13 bits per heavy atom. The van der Waals surface area contributed by atoms with E-state index in [1.807, 2.05) is 6.07 Å². The average Bonchev–Trinajstić information content (AvgIpc) is 2.30. The van der Waals surface area contributed by atoms with Crippen molar-refractivity contribution in [3.05, 3.63) is 24.3 Å². The molecule has 0 bridgehead atoms. The first-order valence-electron chi connectivity index (χ1n) is 5.57. The first kappa shape index (κ1) is 9.19. The van der Waals surface area contributed by atoms with Crippen LogP contribution in [0.15, 0.2) is 24.3 Å². The van der Waals surface area contributed by atoms with Crippen LogP contribution in [-0.4, -0.2) is 25.4 Å². The molecular formula is C12H16NO2+. The van der Waals surface area contributed by atoms with E-state index in [0.717, 1.165) is 38.3 Å². The van der Waals surface area contributed by atoms with E-state index in [4.69, 9.17) is 9.47 Å². The van der Waals surface area contributed by atoms with Crippen molar-refractivity contribution in [2.75, 3.05) is 19.8 Å². The average molecular weight is 206 g/mol. The number of nitrogens with two attached hydrogens (primary N) is 1. The Morgan fingerprint density at radius 2 is 1.93 bits per heavy atom. The van der Waals surface area contributed by atoms with Gasteiger partial charge in [-0.15, -0.1) is 0 Å². The number of hydrogen-bond acceptors (Lipinski definition) is 2. The second kappa shape index (κ2) is 3.51. The van der Waals surface area contributed by atoms with E-state index in [1.165, 1.54) is 5.69 Å². The third-order valence-corrected chi connectivity index (χ3v) is 3.34. The lowest BCUT2D eigenvalue weighted by atomic mass is 9.92. The van der Waals surface area contributed by atoms with Gasteiger partial charge in [0.25, 0.3) is 0 Å². The first-order chi connectivity index (χ1) is 7.38. The number of quaternary nitrogens is 1. The summed E-state index contributed by atoms with van der Waals surface area (Å²) in [5, 5.41) is 2.30. The molecule has 3 rings (SSSR count). The van der Waals surface area contributed by atoms with Crippen LogP contribution in [0.4, 0.5) is 5.69 Å². The Morgan fingerprint density at radius 3 is 2.80 bits per heavy atom. The van der Waals surface area contributed by atoms with Crippen molar-refractivity contribution < 1.29 is 14.8 Å². The quantitative estimate of drug-likeness (QED) is 0.638. The summed E-state index contributed by atoms with van der Waals surface area (Å²) in [7, 11) is 0. The molecule has 2 aliphatic rings. The zero-order valence-corrected chi connectivity index (χ0v) is 8.74. The van der Waals surface area contributed by atoms with Crippen molar-refractivity contribution in [1.29, 1.82) is 0 Å². The van der Waals surface area contributed by atoms with Gasteiger partial charge in [0.05, 0.1) is 13.2 Å². The molecule has 1 fully saturated rings. The maximum atomic E-state index is 6.15. The Hall–Kier alpha value is -1.06. The Labute approximate surface area is 89.4 Å². The molecule has 0 aromatic heterocycles. The SMILES string of the molecule is c1ccc2c(c1)[NH2+]CC1(CCOCC1)O2. The number of hydrogen-bond donors (Lipinski definition) is 1. The van der Waals surface area contributed by atoms with Crippen LogP contribution in [0.1, 0.15) is 12.8 Å². The molecule has 1 saturated heterocycles. The highest BCUT2D eigenvalue weighted by Crippen LogP contribution is 2.32. The number of benzene rings is 1. The van der Waals surface area contributed by atoms with Crippen LogP contribution >= 0.6 is 0 Å². The molecule has 1 aromatic rings. The summed E-state index contributed by atoms with van der Waals surface area (Å²) in [6.45, 7) is 2.68. The number of para-hydroxylation sites is 2. The summed E-state index contributed by atoms with van der Waals surface area (Å²) >= 11 is 0. The molecule has 0 aliphatic carbocycles. The van der Waals surface area contributed by atoms with Crippen molar-refractivity contribution in [1.82, 2.24) is 0 Å². The van der Waals surface area contributed by atoms with Crippen molar-refractivity contribution in [3.63, 3.8) is 0 Å². The fourth-order valence-corrected chi connectivity index (χ4v) is 2.36. The molecule has 15 heavy (non-hydrogen) atoms. The molecule has 1 spiro atoms. The Balaban J connectivity index is 1.87. The summed E-state index contributed by atoms with van der Waals surface area (Å²) in [5.41, 5.74) is 1.25. The van der Waals surface area contributed by atoms with E-state index in [0.29, 0.717) is 0 Å². The fraction of sp³-hybridized carbons (Fsp3) is 0.500. The smallest absolute Gasteiger partial charge is 0.180 e. The minimum atomic E-state index is 0.0204. The predicted molar refractivity (Wildman–Crippen MR) is 56.3 cm³/mol. The van der Waals surface area contributed by atoms with E-state index in [9.17, 15) is 0 Å². The van der Waals surface area contributed by atoms with Gasteiger partial charge in [-0.2, -0.15) is 0 Å². The second-order valence-electron chi connectivity index (χ2n) is 4.34. The lowest BCUT2D eigenvalue weighted by Crippen LogP contribution is -2.86. The summed E-state index contributed by atoms with van der Waals surface area (Å²) in [6.07, 6.45) is 2.02. The summed E-state index contributed by atoms with van der Waals surface area (Å²) in [6, 6.07) is 8.26. The minimum absolute atomic E-state index is 0.0204. The molecule has 0 atom stereocenters. The number of rotatable bonds is 0. The minimum Gasteiger partial charge on any atom is -0.475 e. The molecule has 3 nitrogen and oxygen atoms in total. The van der Waals surface area contributed by atoms with Crippen LogP contribution in [0.5, 0.6) is 5.75 Å². The lowest BCUT2D eigenvalue weighted by Gasteiger charge is -2.38. The molecule has 2 N–H and O–H groups in total. The van der Waals surface area contributed by atoms with Gasteiger partial charge in [-0.1, -0.05) is 12.1 Å². The summed E-state index contributed by atoms with van der Waals surface area (Å²) in [4.78, 5) is 0. The Bertz CT molecular complexity index is 358. The third kappa shape index (κ3) is 1.62. The van der Waals surface area contributed by atoms with Crippen molar-refractivity contribution in [2.24, 2.45) is 0 Å². The van der Waals surface area contributed by atoms with Gasteiger partial charge in [0.1, 0.15) is 6.54 Å². The molecule has 0 saturated carbocycles. The van der Waals surface area contributed by atoms with Crippen LogP contribution in [0.3, 0.4) is 0 Å². The van der Waals surface area contributed by atoms with Crippen LogP contribution in [0.25, 0.3) is 0 Å². The van der Waals surface area contributed by atoms with E-state index in [1.54, 1.807) is 0 Å². The highest BCUT2D eigenvalue weighted by atomic mass is 16.5. The highest BCUT2D eigenvalue weighted by Gasteiger charge is 2.40. The normalized spacial score (nSPS) is 23.2. The largest absolute Gasteiger partial charge is 0.475 e. The van der Waals surface area contributed by atoms with Gasteiger partial charge in [-0.3, -0.25) is 0 Å². The maximum Gasteiger partial charge on any atom is 0.180 e. The molecule has 0 radical (unpaired) electrons. The van der Waals surface area contributed by atoms with Crippen molar-refractivity contribution in [2.45, 2.75) is 18.4 Å². The number of ether oxygens (including phenoxy) is 2. The molecule has 3 heteroatoms. The van der Waals surface area contributed by atoms with Crippen LogP contribution in [0.2, 0.25) is 0 Å². The zero-order valence-electron chi connectivity index (χ0n) is 8.74. The number of fused-ring (bicyclic) bond motifs is 1. The van der Waals surface area contributed by atoms with Gasteiger partial charge in [0.2, 0.25) is 0 Å². The standard InChI is InChI=1S/C12H15NO2/c1-2-4-11-10(3-1)13-9-12(15-11)5-7-14-8-6-12/h1-4,13H,5-9H2/p+1.